The van der Waals surface area contributed by atoms with E-state index in [-0.39, 0.29) is 17.6 Å². The summed E-state index contributed by atoms with van der Waals surface area (Å²) >= 11 is 0. The molecule has 2 aromatic rings. The van der Waals surface area contributed by atoms with Crippen LogP contribution in [0.25, 0.3) is 0 Å². The number of aromatic hydroxyl groups is 1. The number of hydrogen-bond donors (Lipinski definition) is 2. The monoisotopic (exact) mass is 483 g/mol. The fourth-order valence-corrected chi connectivity index (χ4v) is 4.63. The molecular weight excluding hydrogens is 445 g/mol. The highest BCUT2D eigenvalue weighted by Crippen LogP contribution is 2.36. The molecule has 1 aliphatic heterocycles. The van der Waals surface area contributed by atoms with E-state index >= 15 is 0 Å². The molecule has 35 heavy (non-hydrogen) atoms. The number of amides is 2. The first kappa shape index (κ1) is 26.7. The number of nitrogens with one attached hydrogen (secondary N) is 1. The second-order valence-corrected chi connectivity index (χ2v) is 10.7. The minimum Gasteiger partial charge on any atom is -0.507 e. The Bertz CT molecular complexity index is 1120. The summed E-state index contributed by atoms with van der Waals surface area (Å²) < 4.78 is 12.8. The smallest absolute Gasteiger partial charge is 0.251 e. The summed E-state index contributed by atoms with van der Waals surface area (Å²) in [5.74, 6) is -0.154. The van der Waals surface area contributed by atoms with E-state index in [1.807, 2.05) is 64.8 Å². The minimum atomic E-state index is -0.786. The zero-order valence-corrected chi connectivity index (χ0v) is 22.0. The zero-order valence-electron chi connectivity index (χ0n) is 22.0. The van der Waals surface area contributed by atoms with Crippen LogP contribution in [-0.2, 0) is 22.6 Å². The molecule has 3 rings (SSSR count). The number of anilines is 1. The maximum Gasteiger partial charge on any atom is 0.251 e. The Kier molecular flexibility index (Phi) is 7.90. The summed E-state index contributed by atoms with van der Waals surface area (Å²) in [7, 11) is 1.86. The van der Waals surface area contributed by atoms with Crippen molar-refractivity contribution in [3.8, 4) is 5.75 Å². The summed E-state index contributed by atoms with van der Waals surface area (Å²) in [5.41, 5.74) is 4.96. The largest absolute Gasteiger partial charge is 0.507 e. The Morgan fingerprint density at radius 2 is 1.86 bits per heavy atom. The van der Waals surface area contributed by atoms with E-state index in [2.05, 4.69) is 5.32 Å². The van der Waals surface area contributed by atoms with Crippen LogP contribution in [0.2, 0.25) is 0 Å². The molecule has 0 radical (unpaired) electrons. The molecule has 6 nitrogen and oxygen atoms in total. The van der Waals surface area contributed by atoms with Gasteiger partial charge in [0.15, 0.2) is 0 Å². The predicted molar refractivity (Wildman–Crippen MR) is 137 cm³/mol. The lowest BCUT2D eigenvalue weighted by molar-refractivity contribution is -0.146. The van der Waals surface area contributed by atoms with Crippen LogP contribution in [0.4, 0.5) is 10.1 Å². The molecule has 7 heteroatoms. The van der Waals surface area contributed by atoms with Crippen molar-refractivity contribution in [2.24, 2.45) is 5.41 Å². The third kappa shape index (κ3) is 5.67. The summed E-state index contributed by atoms with van der Waals surface area (Å²) in [6.45, 7) is 12.0. The van der Waals surface area contributed by atoms with Crippen molar-refractivity contribution >= 4 is 17.5 Å². The first-order valence-electron chi connectivity index (χ1n) is 12.1. The van der Waals surface area contributed by atoms with Crippen LogP contribution >= 0.6 is 0 Å². The minimum absolute atomic E-state index is 0.0851. The van der Waals surface area contributed by atoms with Crippen molar-refractivity contribution in [2.75, 3.05) is 32.1 Å². The standard InChI is InChI=1S/C28H38FN3O3/c1-17-14-23(18(2)19(3)25(17)33)30-26(34)24-22-15-20(16-31(7)13-11-29)8-9-21(22)10-12-32(24)27(35)28(4,5)6/h8-9,14-15,24,33H,10-13,16H2,1-7H3,(H,30,34). The number of aryl methyl sites for hydroxylation is 1. The SMILES string of the molecule is Cc1cc(NC(=O)C2c3cc(CN(C)CCF)ccc3CCN2C(=O)C(C)(C)C)c(C)c(C)c1O. The van der Waals surface area contributed by atoms with Gasteiger partial charge in [0.2, 0.25) is 5.91 Å². The number of alkyl halides is 1. The maximum absolute atomic E-state index is 13.8. The average Bonchev–Trinajstić information content (AvgIpc) is 2.79. The van der Waals surface area contributed by atoms with Crippen LogP contribution in [0.5, 0.6) is 5.75 Å². The first-order chi connectivity index (χ1) is 16.3. The molecule has 2 aromatic carbocycles. The Hall–Kier alpha value is -2.93. The van der Waals surface area contributed by atoms with Crippen LogP contribution in [0.1, 0.15) is 60.2 Å². The lowest BCUT2D eigenvalue weighted by atomic mass is 9.86. The number of phenols is 1. The zero-order chi connectivity index (χ0) is 26.1. The highest BCUT2D eigenvalue weighted by atomic mass is 19.1. The van der Waals surface area contributed by atoms with E-state index < -0.39 is 18.1 Å². The molecular formula is C28H38FN3O3. The van der Waals surface area contributed by atoms with Crippen LogP contribution in [0.15, 0.2) is 24.3 Å². The normalized spacial score (nSPS) is 15.8. The van der Waals surface area contributed by atoms with Gasteiger partial charge in [-0.3, -0.25) is 14.5 Å². The molecule has 0 bridgehead atoms. The number of benzene rings is 2. The number of carbonyl (C=O) groups is 2. The van der Waals surface area contributed by atoms with Gasteiger partial charge in [0.05, 0.1) is 0 Å². The van der Waals surface area contributed by atoms with E-state index in [1.165, 1.54) is 0 Å². The van der Waals surface area contributed by atoms with Crippen molar-refractivity contribution in [1.29, 1.82) is 0 Å². The molecule has 0 saturated heterocycles. The molecule has 1 aliphatic rings. The Balaban J connectivity index is 2.05. The quantitative estimate of drug-likeness (QED) is 0.578. The van der Waals surface area contributed by atoms with Crippen molar-refractivity contribution in [3.05, 3.63) is 57.6 Å². The van der Waals surface area contributed by atoms with Gasteiger partial charge in [0.25, 0.3) is 5.91 Å². The third-order valence-corrected chi connectivity index (χ3v) is 6.82. The highest BCUT2D eigenvalue weighted by molar-refractivity contribution is 5.99. The number of carbonyl (C=O) groups excluding carboxylic acids is 2. The summed E-state index contributed by atoms with van der Waals surface area (Å²) in [6, 6.07) is 6.99. The fourth-order valence-electron chi connectivity index (χ4n) is 4.63. The predicted octanol–water partition coefficient (Wildman–Crippen LogP) is 4.83. The van der Waals surface area contributed by atoms with Gasteiger partial charge in [-0.25, -0.2) is 4.39 Å². The molecule has 0 spiro atoms. The molecule has 2 amide bonds. The Morgan fingerprint density at radius 3 is 2.49 bits per heavy atom. The number of fused-ring (bicyclic) bond motifs is 1. The van der Waals surface area contributed by atoms with Gasteiger partial charge in [-0.15, -0.1) is 0 Å². The van der Waals surface area contributed by atoms with Crippen LogP contribution in [0, 0.1) is 26.2 Å². The van der Waals surface area contributed by atoms with Gasteiger partial charge < -0.3 is 15.3 Å². The van der Waals surface area contributed by atoms with Gasteiger partial charge in [-0.2, -0.15) is 0 Å². The molecule has 1 heterocycles. The van der Waals surface area contributed by atoms with Gasteiger partial charge in [-0.1, -0.05) is 39.0 Å². The molecule has 190 valence electrons. The molecule has 0 aromatic heterocycles. The van der Waals surface area contributed by atoms with Gasteiger partial charge in [0.1, 0.15) is 18.5 Å². The lowest BCUT2D eigenvalue weighted by Gasteiger charge is -2.40. The second kappa shape index (κ2) is 10.4. The number of halogens is 1. The molecule has 1 atom stereocenters. The van der Waals surface area contributed by atoms with E-state index in [0.29, 0.717) is 42.9 Å². The van der Waals surface area contributed by atoms with Gasteiger partial charge in [0, 0.05) is 30.7 Å². The number of nitrogens with zero attached hydrogens (tertiary/aromatic N) is 2. The topological polar surface area (TPSA) is 72.9 Å². The van der Waals surface area contributed by atoms with Gasteiger partial charge in [-0.05, 0) is 73.7 Å². The number of rotatable bonds is 6. The maximum atomic E-state index is 13.8. The van der Waals surface area contributed by atoms with Crippen molar-refractivity contribution < 1.29 is 19.1 Å². The van der Waals surface area contributed by atoms with Crippen molar-refractivity contribution in [3.63, 3.8) is 0 Å². The number of hydrogen-bond acceptors (Lipinski definition) is 4. The fraction of sp³-hybridized carbons (Fsp3) is 0.500. The van der Waals surface area contributed by atoms with Crippen LogP contribution in [0.3, 0.4) is 0 Å². The lowest BCUT2D eigenvalue weighted by Crippen LogP contribution is -2.49. The van der Waals surface area contributed by atoms with E-state index in [4.69, 9.17) is 0 Å². The summed E-state index contributed by atoms with van der Waals surface area (Å²) in [6.07, 6.45) is 0.665. The third-order valence-electron chi connectivity index (χ3n) is 6.82. The van der Waals surface area contributed by atoms with Crippen molar-refractivity contribution in [2.45, 2.75) is 60.5 Å². The van der Waals surface area contributed by atoms with Gasteiger partial charge >= 0.3 is 0 Å². The van der Waals surface area contributed by atoms with E-state index in [9.17, 15) is 19.1 Å². The van der Waals surface area contributed by atoms with Crippen LogP contribution < -0.4 is 5.32 Å². The molecule has 0 fully saturated rings. The van der Waals surface area contributed by atoms with E-state index in [0.717, 1.165) is 22.3 Å². The summed E-state index contributed by atoms with van der Waals surface area (Å²) in [4.78, 5) is 30.8. The Morgan fingerprint density at radius 1 is 1.17 bits per heavy atom. The highest BCUT2D eigenvalue weighted by Gasteiger charge is 2.40. The molecule has 1 unspecified atom stereocenters. The molecule has 0 saturated carbocycles. The summed E-state index contributed by atoms with van der Waals surface area (Å²) in [5, 5.41) is 13.3. The number of phenolic OH excluding ortho intramolecular Hbond substituents is 1. The van der Waals surface area contributed by atoms with E-state index in [1.54, 1.807) is 17.9 Å². The molecule has 0 aliphatic carbocycles. The van der Waals surface area contributed by atoms with Crippen molar-refractivity contribution in [1.82, 2.24) is 9.80 Å². The van der Waals surface area contributed by atoms with Crippen LogP contribution in [-0.4, -0.2) is 53.5 Å². The second-order valence-electron chi connectivity index (χ2n) is 10.7. The molecule has 2 N–H and O–H groups in total. The average molecular weight is 484 g/mol. The first-order valence-corrected chi connectivity index (χ1v) is 12.1. The Labute approximate surface area is 208 Å².